The summed E-state index contributed by atoms with van der Waals surface area (Å²) in [6, 6.07) is 4.68. The SMILES string of the molecule is CC[C@@H](C)OC(=O)C1=C(C)NC(=O)N[C@@H]1c1ccccc1F. The summed E-state index contributed by atoms with van der Waals surface area (Å²) in [5.74, 6) is -1.05. The molecule has 2 rings (SSSR count). The molecule has 1 aromatic carbocycles. The predicted octanol–water partition coefficient (Wildman–Crippen LogP) is 2.80. The summed E-state index contributed by atoms with van der Waals surface area (Å²) < 4.78 is 19.4. The van der Waals surface area contributed by atoms with E-state index in [1.165, 1.54) is 12.1 Å². The van der Waals surface area contributed by atoms with Crippen LogP contribution in [0, 0.1) is 5.82 Å². The Bertz CT molecular complexity index is 628. The summed E-state index contributed by atoms with van der Waals surface area (Å²) in [5.41, 5.74) is 0.808. The van der Waals surface area contributed by atoms with Crippen molar-refractivity contribution in [3.63, 3.8) is 0 Å². The number of esters is 1. The second-order valence-corrected chi connectivity index (χ2v) is 5.22. The third-order valence-corrected chi connectivity index (χ3v) is 3.59. The molecule has 1 aliphatic rings. The Balaban J connectivity index is 2.41. The van der Waals surface area contributed by atoms with Gasteiger partial charge in [0.05, 0.1) is 17.7 Å². The fourth-order valence-corrected chi connectivity index (χ4v) is 2.24. The average Bonchev–Trinajstić information content (AvgIpc) is 2.46. The number of urea groups is 1. The van der Waals surface area contributed by atoms with Crippen molar-refractivity contribution in [3.8, 4) is 0 Å². The van der Waals surface area contributed by atoms with E-state index in [1.54, 1.807) is 26.0 Å². The van der Waals surface area contributed by atoms with Gasteiger partial charge in [-0.3, -0.25) is 0 Å². The third-order valence-electron chi connectivity index (χ3n) is 3.59. The summed E-state index contributed by atoms with van der Waals surface area (Å²) >= 11 is 0. The number of amides is 2. The standard InChI is InChI=1S/C16H19FN2O3/c1-4-9(2)22-15(20)13-10(3)18-16(21)19-14(13)11-7-5-6-8-12(11)17/h5-9,14H,4H2,1-3H3,(H2,18,19,21)/t9-,14-/m1/s1. The molecule has 0 aliphatic carbocycles. The second-order valence-electron chi connectivity index (χ2n) is 5.22. The Kier molecular flexibility index (Phi) is 4.80. The van der Waals surface area contributed by atoms with Gasteiger partial charge in [-0.25, -0.2) is 14.0 Å². The Morgan fingerprint density at radius 3 is 2.73 bits per heavy atom. The van der Waals surface area contributed by atoms with Crippen LogP contribution in [0.25, 0.3) is 0 Å². The van der Waals surface area contributed by atoms with E-state index >= 15 is 0 Å². The molecule has 0 unspecified atom stereocenters. The summed E-state index contributed by atoms with van der Waals surface area (Å²) in [5, 5.41) is 5.10. The molecule has 2 N–H and O–H groups in total. The number of halogens is 1. The van der Waals surface area contributed by atoms with Crippen LogP contribution in [-0.4, -0.2) is 18.1 Å². The second kappa shape index (κ2) is 6.60. The van der Waals surface area contributed by atoms with Crippen LogP contribution in [-0.2, 0) is 9.53 Å². The van der Waals surface area contributed by atoms with E-state index in [-0.39, 0.29) is 17.2 Å². The number of benzene rings is 1. The Morgan fingerprint density at radius 1 is 1.41 bits per heavy atom. The molecule has 6 heteroatoms. The predicted molar refractivity (Wildman–Crippen MR) is 79.4 cm³/mol. The lowest BCUT2D eigenvalue weighted by atomic mass is 9.95. The molecule has 0 spiro atoms. The summed E-state index contributed by atoms with van der Waals surface area (Å²) in [4.78, 5) is 24.1. The van der Waals surface area contributed by atoms with Crippen LogP contribution in [0.1, 0.15) is 38.8 Å². The molecule has 2 atom stereocenters. The van der Waals surface area contributed by atoms with Gasteiger partial charge >= 0.3 is 12.0 Å². The zero-order chi connectivity index (χ0) is 16.3. The molecular weight excluding hydrogens is 287 g/mol. The molecule has 1 aromatic rings. The maximum atomic E-state index is 14.0. The fraction of sp³-hybridized carbons (Fsp3) is 0.375. The highest BCUT2D eigenvalue weighted by atomic mass is 19.1. The molecule has 1 aliphatic heterocycles. The molecule has 22 heavy (non-hydrogen) atoms. The smallest absolute Gasteiger partial charge is 0.338 e. The topological polar surface area (TPSA) is 67.4 Å². The van der Waals surface area contributed by atoms with Crippen molar-refractivity contribution in [2.45, 2.75) is 39.3 Å². The minimum atomic E-state index is -0.869. The van der Waals surface area contributed by atoms with E-state index in [4.69, 9.17) is 4.74 Å². The van der Waals surface area contributed by atoms with Gasteiger partial charge in [0, 0.05) is 11.3 Å². The number of allylic oxidation sites excluding steroid dienone is 1. The molecule has 118 valence electrons. The van der Waals surface area contributed by atoms with E-state index < -0.39 is 23.9 Å². The van der Waals surface area contributed by atoms with Crippen LogP contribution >= 0.6 is 0 Å². The van der Waals surface area contributed by atoms with Crippen LogP contribution in [0.2, 0.25) is 0 Å². The van der Waals surface area contributed by atoms with Gasteiger partial charge in [0.15, 0.2) is 0 Å². The minimum Gasteiger partial charge on any atom is -0.459 e. The molecule has 0 radical (unpaired) electrons. The number of ether oxygens (including phenoxy) is 1. The van der Waals surface area contributed by atoms with E-state index in [1.807, 2.05) is 6.92 Å². The lowest BCUT2D eigenvalue weighted by molar-refractivity contribution is -0.144. The molecular formula is C16H19FN2O3. The molecule has 0 saturated heterocycles. The quantitative estimate of drug-likeness (QED) is 0.841. The molecule has 0 aromatic heterocycles. The molecule has 0 saturated carbocycles. The normalized spacial score (nSPS) is 19.3. The van der Waals surface area contributed by atoms with Gasteiger partial charge in [0.25, 0.3) is 0 Å². The number of rotatable bonds is 4. The van der Waals surface area contributed by atoms with Gasteiger partial charge in [0.2, 0.25) is 0 Å². The number of nitrogens with one attached hydrogen (secondary N) is 2. The first-order valence-corrected chi connectivity index (χ1v) is 7.17. The highest BCUT2D eigenvalue weighted by molar-refractivity contribution is 5.95. The van der Waals surface area contributed by atoms with Crippen LogP contribution in [0.15, 0.2) is 35.5 Å². The first kappa shape index (κ1) is 16.0. The van der Waals surface area contributed by atoms with Crippen LogP contribution in [0.4, 0.5) is 9.18 Å². The van der Waals surface area contributed by atoms with Crippen molar-refractivity contribution in [3.05, 3.63) is 46.9 Å². The maximum absolute atomic E-state index is 14.0. The first-order valence-electron chi connectivity index (χ1n) is 7.17. The lowest BCUT2D eigenvalue weighted by Gasteiger charge is -2.29. The number of carbonyl (C=O) groups is 2. The largest absolute Gasteiger partial charge is 0.459 e. The fourth-order valence-electron chi connectivity index (χ4n) is 2.24. The van der Waals surface area contributed by atoms with Crippen molar-refractivity contribution in [2.24, 2.45) is 0 Å². The minimum absolute atomic E-state index is 0.213. The third kappa shape index (κ3) is 3.27. The summed E-state index contributed by atoms with van der Waals surface area (Å²) in [7, 11) is 0. The van der Waals surface area contributed by atoms with E-state index in [0.717, 1.165) is 0 Å². The Labute approximate surface area is 128 Å². The molecule has 0 fully saturated rings. The molecule has 0 bridgehead atoms. The van der Waals surface area contributed by atoms with E-state index in [2.05, 4.69) is 10.6 Å². The van der Waals surface area contributed by atoms with Crippen molar-refractivity contribution in [1.29, 1.82) is 0 Å². The van der Waals surface area contributed by atoms with Gasteiger partial charge < -0.3 is 15.4 Å². The van der Waals surface area contributed by atoms with E-state index in [0.29, 0.717) is 12.1 Å². The molecule has 1 heterocycles. The number of hydrogen-bond donors (Lipinski definition) is 2. The van der Waals surface area contributed by atoms with Gasteiger partial charge in [-0.2, -0.15) is 0 Å². The van der Waals surface area contributed by atoms with Crippen LogP contribution in [0.3, 0.4) is 0 Å². The lowest BCUT2D eigenvalue weighted by Crippen LogP contribution is -2.45. The number of carbonyl (C=O) groups excluding carboxylic acids is 2. The maximum Gasteiger partial charge on any atom is 0.338 e. The van der Waals surface area contributed by atoms with Crippen LogP contribution in [0.5, 0.6) is 0 Å². The summed E-state index contributed by atoms with van der Waals surface area (Å²) in [6.45, 7) is 5.27. The van der Waals surface area contributed by atoms with Gasteiger partial charge in [0.1, 0.15) is 5.82 Å². The van der Waals surface area contributed by atoms with Crippen molar-refractivity contribution < 1.29 is 18.7 Å². The summed E-state index contributed by atoms with van der Waals surface area (Å²) in [6.07, 6.45) is 0.411. The first-order chi connectivity index (χ1) is 10.4. The van der Waals surface area contributed by atoms with Crippen molar-refractivity contribution >= 4 is 12.0 Å². The van der Waals surface area contributed by atoms with Crippen molar-refractivity contribution in [2.75, 3.05) is 0 Å². The van der Waals surface area contributed by atoms with Gasteiger partial charge in [-0.15, -0.1) is 0 Å². The number of hydrogen-bond acceptors (Lipinski definition) is 3. The Morgan fingerprint density at radius 2 is 2.09 bits per heavy atom. The van der Waals surface area contributed by atoms with E-state index in [9.17, 15) is 14.0 Å². The average molecular weight is 306 g/mol. The van der Waals surface area contributed by atoms with Gasteiger partial charge in [-0.1, -0.05) is 25.1 Å². The monoisotopic (exact) mass is 306 g/mol. The molecule has 2 amide bonds. The zero-order valence-electron chi connectivity index (χ0n) is 12.8. The Hall–Kier alpha value is -2.37. The highest BCUT2D eigenvalue weighted by Crippen LogP contribution is 2.29. The van der Waals surface area contributed by atoms with Gasteiger partial charge in [-0.05, 0) is 26.3 Å². The van der Waals surface area contributed by atoms with Crippen molar-refractivity contribution in [1.82, 2.24) is 10.6 Å². The highest BCUT2D eigenvalue weighted by Gasteiger charge is 2.34. The molecule has 5 nitrogen and oxygen atoms in total. The van der Waals surface area contributed by atoms with Crippen LogP contribution < -0.4 is 10.6 Å². The zero-order valence-corrected chi connectivity index (χ0v) is 12.8.